The second-order valence-electron chi connectivity index (χ2n) is 5.49. The summed E-state index contributed by atoms with van der Waals surface area (Å²) in [6.45, 7) is 8.49. The standard InChI is InChI=1S/C13H22ClN3O3S/c1-9-7-16(8-10(2)20-9)21(18,19)13-11(3)15-17(6-5-14)12(13)4/h9-10H,5-8H2,1-4H3/t9-,10+. The van der Waals surface area contributed by atoms with Gasteiger partial charge in [0, 0.05) is 19.0 Å². The molecule has 2 rings (SSSR count). The normalized spacial score (nSPS) is 24.4. The molecule has 0 aromatic carbocycles. The lowest BCUT2D eigenvalue weighted by atomic mass is 10.3. The van der Waals surface area contributed by atoms with Gasteiger partial charge in [-0.3, -0.25) is 4.68 Å². The summed E-state index contributed by atoms with van der Waals surface area (Å²) in [5, 5.41) is 4.29. The first-order chi connectivity index (χ1) is 9.77. The van der Waals surface area contributed by atoms with Gasteiger partial charge in [0.2, 0.25) is 10.0 Å². The Kier molecular flexibility index (Phi) is 4.97. The predicted octanol–water partition coefficient (Wildman–Crippen LogP) is 1.54. The molecule has 120 valence electrons. The minimum atomic E-state index is -3.56. The molecule has 0 saturated carbocycles. The molecule has 0 bridgehead atoms. The summed E-state index contributed by atoms with van der Waals surface area (Å²) in [5.41, 5.74) is 1.16. The van der Waals surface area contributed by atoms with E-state index < -0.39 is 10.0 Å². The van der Waals surface area contributed by atoms with Crippen LogP contribution < -0.4 is 0 Å². The Morgan fingerprint density at radius 1 is 1.29 bits per heavy atom. The zero-order valence-corrected chi connectivity index (χ0v) is 14.4. The van der Waals surface area contributed by atoms with E-state index in [-0.39, 0.29) is 12.2 Å². The highest BCUT2D eigenvalue weighted by Crippen LogP contribution is 2.26. The van der Waals surface area contributed by atoms with Gasteiger partial charge in [-0.15, -0.1) is 11.6 Å². The highest BCUT2D eigenvalue weighted by atomic mass is 35.5. The highest BCUT2D eigenvalue weighted by molar-refractivity contribution is 7.89. The number of ether oxygens (including phenoxy) is 1. The molecular formula is C13H22ClN3O3S. The number of hydrogen-bond acceptors (Lipinski definition) is 4. The molecule has 0 radical (unpaired) electrons. The third-order valence-electron chi connectivity index (χ3n) is 3.60. The van der Waals surface area contributed by atoms with Gasteiger partial charge in [0.15, 0.2) is 0 Å². The lowest BCUT2D eigenvalue weighted by molar-refractivity contribution is -0.0441. The molecule has 21 heavy (non-hydrogen) atoms. The molecule has 1 aliphatic heterocycles. The van der Waals surface area contributed by atoms with E-state index in [0.29, 0.717) is 41.8 Å². The van der Waals surface area contributed by atoms with Gasteiger partial charge in [-0.25, -0.2) is 8.42 Å². The molecule has 0 unspecified atom stereocenters. The van der Waals surface area contributed by atoms with Gasteiger partial charge in [0.1, 0.15) is 4.90 Å². The van der Waals surface area contributed by atoms with Crippen LogP contribution in [-0.4, -0.2) is 53.7 Å². The van der Waals surface area contributed by atoms with E-state index >= 15 is 0 Å². The van der Waals surface area contributed by atoms with Gasteiger partial charge in [0.05, 0.1) is 30.1 Å². The van der Waals surface area contributed by atoms with Crippen LogP contribution in [0.5, 0.6) is 0 Å². The van der Waals surface area contributed by atoms with Crippen LogP contribution >= 0.6 is 11.6 Å². The summed E-state index contributed by atoms with van der Waals surface area (Å²) in [4.78, 5) is 0.300. The topological polar surface area (TPSA) is 64.4 Å². The smallest absolute Gasteiger partial charge is 0.246 e. The van der Waals surface area contributed by atoms with Gasteiger partial charge in [-0.2, -0.15) is 9.40 Å². The lowest BCUT2D eigenvalue weighted by Crippen LogP contribution is -2.48. The molecule has 2 atom stereocenters. The molecule has 6 nitrogen and oxygen atoms in total. The fraction of sp³-hybridized carbons (Fsp3) is 0.769. The van der Waals surface area contributed by atoms with E-state index in [1.54, 1.807) is 18.5 Å². The molecular weight excluding hydrogens is 314 g/mol. The number of aromatic nitrogens is 2. The zero-order valence-electron chi connectivity index (χ0n) is 12.8. The van der Waals surface area contributed by atoms with Gasteiger partial charge in [-0.05, 0) is 27.7 Å². The van der Waals surface area contributed by atoms with Gasteiger partial charge < -0.3 is 4.74 Å². The Morgan fingerprint density at radius 3 is 2.38 bits per heavy atom. The second kappa shape index (κ2) is 6.24. The van der Waals surface area contributed by atoms with E-state index in [1.807, 2.05) is 13.8 Å². The van der Waals surface area contributed by atoms with Crippen LogP contribution in [0.1, 0.15) is 25.2 Å². The highest BCUT2D eigenvalue weighted by Gasteiger charge is 2.35. The van der Waals surface area contributed by atoms with Crippen LogP contribution in [0.2, 0.25) is 0 Å². The summed E-state index contributed by atoms with van der Waals surface area (Å²) in [6, 6.07) is 0. The van der Waals surface area contributed by atoms with E-state index in [4.69, 9.17) is 16.3 Å². The van der Waals surface area contributed by atoms with Crippen molar-refractivity contribution < 1.29 is 13.2 Å². The number of rotatable bonds is 4. The van der Waals surface area contributed by atoms with Crippen molar-refractivity contribution in [3.05, 3.63) is 11.4 Å². The maximum atomic E-state index is 12.9. The van der Waals surface area contributed by atoms with E-state index in [0.717, 1.165) is 0 Å². The molecule has 8 heteroatoms. The molecule has 0 N–H and O–H groups in total. The van der Waals surface area contributed by atoms with Crippen LogP contribution in [0.4, 0.5) is 0 Å². The Morgan fingerprint density at radius 2 is 1.86 bits per heavy atom. The van der Waals surface area contributed by atoms with Crippen molar-refractivity contribution in [2.75, 3.05) is 19.0 Å². The summed E-state index contributed by atoms with van der Waals surface area (Å²) in [7, 11) is -3.56. The lowest BCUT2D eigenvalue weighted by Gasteiger charge is -2.34. The largest absolute Gasteiger partial charge is 0.373 e. The van der Waals surface area contributed by atoms with Crippen molar-refractivity contribution in [1.82, 2.24) is 14.1 Å². The summed E-state index contributed by atoms with van der Waals surface area (Å²) in [5.74, 6) is 0.396. The van der Waals surface area contributed by atoms with Gasteiger partial charge in [0.25, 0.3) is 0 Å². The summed E-state index contributed by atoms with van der Waals surface area (Å²) >= 11 is 5.73. The molecule has 1 aromatic rings. The first-order valence-corrected chi connectivity index (χ1v) is 9.00. The number of nitrogens with zero attached hydrogens (tertiary/aromatic N) is 3. The molecule has 0 spiro atoms. The Balaban J connectivity index is 2.40. The van der Waals surface area contributed by atoms with Crippen molar-refractivity contribution in [3.8, 4) is 0 Å². The maximum absolute atomic E-state index is 12.9. The van der Waals surface area contributed by atoms with E-state index in [1.165, 1.54) is 4.31 Å². The number of halogens is 1. The SMILES string of the molecule is Cc1nn(CCCl)c(C)c1S(=O)(=O)N1C[C@@H](C)O[C@@H](C)C1. The van der Waals surface area contributed by atoms with Crippen molar-refractivity contribution in [3.63, 3.8) is 0 Å². The number of aryl methyl sites for hydroxylation is 2. The molecule has 0 amide bonds. The van der Waals surface area contributed by atoms with Crippen LogP contribution in [-0.2, 0) is 21.3 Å². The van der Waals surface area contributed by atoms with Crippen LogP contribution in [0, 0.1) is 13.8 Å². The second-order valence-corrected chi connectivity index (χ2v) is 7.74. The van der Waals surface area contributed by atoms with Gasteiger partial charge in [-0.1, -0.05) is 0 Å². The Bertz CT molecular complexity index is 604. The number of morpholine rings is 1. The molecule has 1 saturated heterocycles. The third-order valence-corrected chi connectivity index (χ3v) is 5.85. The molecule has 1 fully saturated rings. The monoisotopic (exact) mass is 335 g/mol. The first-order valence-electron chi connectivity index (χ1n) is 7.03. The average Bonchev–Trinajstić information content (AvgIpc) is 2.64. The van der Waals surface area contributed by atoms with Crippen molar-refractivity contribution in [1.29, 1.82) is 0 Å². The zero-order chi connectivity index (χ0) is 15.8. The number of hydrogen-bond donors (Lipinski definition) is 0. The fourth-order valence-corrected chi connectivity index (χ4v) is 4.93. The Labute approximate surface area is 131 Å². The predicted molar refractivity (Wildman–Crippen MR) is 81.2 cm³/mol. The van der Waals surface area contributed by atoms with Crippen molar-refractivity contribution in [2.45, 2.75) is 51.3 Å². The summed E-state index contributed by atoms with van der Waals surface area (Å²) < 4.78 is 34.6. The number of sulfonamides is 1. The molecule has 0 aliphatic carbocycles. The van der Waals surface area contributed by atoms with Crippen LogP contribution in [0.25, 0.3) is 0 Å². The number of alkyl halides is 1. The molecule has 1 aromatic heterocycles. The Hall–Kier alpha value is -0.630. The first kappa shape index (κ1) is 16.7. The van der Waals surface area contributed by atoms with Crippen LogP contribution in [0.15, 0.2) is 4.90 Å². The van der Waals surface area contributed by atoms with Crippen molar-refractivity contribution >= 4 is 21.6 Å². The molecule has 1 aliphatic rings. The maximum Gasteiger partial charge on any atom is 0.246 e. The van der Waals surface area contributed by atoms with E-state index in [2.05, 4.69) is 5.10 Å². The average molecular weight is 336 g/mol. The third kappa shape index (κ3) is 3.26. The fourth-order valence-electron chi connectivity index (χ4n) is 2.81. The molecule has 2 heterocycles. The van der Waals surface area contributed by atoms with Crippen LogP contribution in [0.3, 0.4) is 0 Å². The van der Waals surface area contributed by atoms with E-state index in [9.17, 15) is 8.42 Å². The minimum absolute atomic E-state index is 0.109. The van der Waals surface area contributed by atoms with Crippen molar-refractivity contribution in [2.24, 2.45) is 0 Å². The summed E-state index contributed by atoms with van der Waals surface area (Å²) in [6.07, 6.45) is -0.218. The quantitative estimate of drug-likeness (QED) is 0.783. The van der Waals surface area contributed by atoms with Gasteiger partial charge >= 0.3 is 0 Å². The minimum Gasteiger partial charge on any atom is -0.373 e.